The molecule has 29 heavy (non-hydrogen) atoms. The average Bonchev–Trinajstić information content (AvgIpc) is 3.21. The lowest BCUT2D eigenvalue weighted by atomic mass is 9.79. The van der Waals surface area contributed by atoms with E-state index in [0.717, 1.165) is 43.0 Å². The topological polar surface area (TPSA) is 57.7 Å². The summed E-state index contributed by atoms with van der Waals surface area (Å²) in [7, 11) is 0. The maximum absolute atomic E-state index is 13.8. The highest BCUT2D eigenvalue weighted by atomic mass is 19.4. The molecule has 1 aromatic carbocycles. The Labute approximate surface area is 166 Å². The molecule has 5 rings (SSSR count). The van der Waals surface area contributed by atoms with Crippen LogP contribution in [0.25, 0.3) is 10.9 Å². The molecule has 0 spiro atoms. The van der Waals surface area contributed by atoms with Crippen molar-refractivity contribution < 1.29 is 13.2 Å². The van der Waals surface area contributed by atoms with Crippen molar-refractivity contribution in [2.45, 2.75) is 50.6 Å². The van der Waals surface area contributed by atoms with Gasteiger partial charge in [-0.25, -0.2) is 9.97 Å². The van der Waals surface area contributed by atoms with Gasteiger partial charge in [0.15, 0.2) is 0 Å². The number of alkyl halides is 3. The molecule has 1 saturated heterocycles. The first-order chi connectivity index (χ1) is 14.0. The molecule has 3 heterocycles. The van der Waals surface area contributed by atoms with E-state index in [2.05, 4.69) is 25.1 Å². The van der Waals surface area contributed by atoms with E-state index in [-0.39, 0.29) is 5.92 Å². The fraction of sp³-hybridized carbons (Fsp3) is 0.476. The third-order valence-corrected chi connectivity index (χ3v) is 6.23. The Balaban J connectivity index is 1.54. The number of nitrogens with zero attached hydrogens (tertiary/aromatic N) is 4. The summed E-state index contributed by atoms with van der Waals surface area (Å²) in [5, 5.41) is 7.33. The summed E-state index contributed by atoms with van der Waals surface area (Å²) in [6.45, 7) is 1.97. The molecule has 0 radical (unpaired) electrons. The molecule has 0 saturated carbocycles. The van der Waals surface area contributed by atoms with Gasteiger partial charge in [0.25, 0.3) is 0 Å². The van der Waals surface area contributed by atoms with E-state index in [1.165, 1.54) is 24.8 Å². The molecule has 3 aromatic rings. The predicted molar refractivity (Wildman–Crippen MR) is 104 cm³/mol. The van der Waals surface area contributed by atoms with E-state index in [1.807, 2.05) is 0 Å². The number of piperidine rings is 1. The number of aromatic nitrogens is 4. The van der Waals surface area contributed by atoms with Crippen molar-refractivity contribution in [1.29, 1.82) is 0 Å². The molecule has 1 aliphatic carbocycles. The van der Waals surface area contributed by atoms with Gasteiger partial charge in [-0.2, -0.15) is 18.3 Å². The number of rotatable bonds is 2. The Kier molecular flexibility index (Phi) is 4.44. The van der Waals surface area contributed by atoms with E-state index >= 15 is 0 Å². The van der Waals surface area contributed by atoms with Crippen LogP contribution in [0.3, 0.4) is 0 Å². The highest BCUT2D eigenvalue weighted by molar-refractivity contribution is 5.84. The molecular formula is C21H22F3N5. The molecular weight excluding hydrogens is 379 g/mol. The molecule has 0 bridgehead atoms. The summed E-state index contributed by atoms with van der Waals surface area (Å²) in [6.07, 6.45) is 4.05. The molecule has 1 aliphatic heterocycles. The van der Waals surface area contributed by atoms with Crippen LogP contribution >= 0.6 is 0 Å². The summed E-state index contributed by atoms with van der Waals surface area (Å²) in [5.74, 6) is 0.732. The molecule has 1 fully saturated rings. The second-order valence-corrected chi connectivity index (χ2v) is 7.97. The van der Waals surface area contributed by atoms with Crippen LogP contribution in [0.5, 0.6) is 0 Å². The van der Waals surface area contributed by atoms with E-state index < -0.39 is 11.7 Å². The Morgan fingerprint density at radius 2 is 1.90 bits per heavy atom. The van der Waals surface area contributed by atoms with Crippen molar-refractivity contribution in [3.8, 4) is 0 Å². The van der Waals surface area contributed by atoms with Gasteiger partial charge < -0.3 is 4.90 Å². The number of benzene rings is 1. The lowest BCUT2D eigenvalue weighted by molar-refractivity contribution is -0.138. The molecule has 2 aliphatic rings. The third kappa shape index (κ3) is 3.24. The second-order valence-electron chi connectivity index (χ2n) is 7.97. The van der Waals surface area contributed by atoms with Crippen LogP contribution in [0.4, 0.5) is 19.0 Å². The minimum absolute atomic E-state index is 0.246. The number of anilines is 1. The monoisotopic (exact) mass is 401 g/mol. The molecule has 8 heteroatoms. The zero-order valence-electron chi connectivity index (χ0n) is 16.0. The van der Waals surface area contributed by atoms with Crippen molar-refractivity contribution in [1.82, 2.24) is 20.2 Å². The lowest BCUT2D eigenvalue weighted by Gasteiger charge is -2.33. The third-order valence-electron chi connectivity index (χ3n) is 6.23. The van der Waals surface area contributed by atoms with Crippen molar-refractivity contribution in [3.05, 3.63) is 47.0 Å². The largest absolute Gasteiger partial charge is 0.416 e. The summed E-state index contributed by atoms with van der Waals surface area (Å²) in [6, 6.07) is 2.63. The van der Waals surface area contributed by atoms with Gasteiger partial charge in [0.1, 0.15) is 12.1 Å². The summed E-state index contributed by atoms with van der Waals surface area (Å²) >= 11 is 0. The summed E-state index contributed by atoms with van der Waals surface area (Å²) in [5.41, 5.74) is 2.40. The molecule has 152 valence electrons. The molecule has 5 nitrogen and oxygen atoms in total. The minimum atomic E-state index is -4.40. The van der Waals surface area contributed by atoms with Crippen LogP contribution in [0.2, 0.25) is 0 Å². The maximum Gasteiger partial charge on any atom is 0.416 e. The number of hydrogen-bond acceptors (Lipinski definition) is 4. The van der Waals surface area contributed by atoms with Crippen LogP contribution in [-0.2, 0) is 19.0 Å². The van der Waals surface area contributed by atoms with Crippen molar-refractivity contribution in [2.24, 2.45) is 0 Å². The van der Waals surface area contributed by atoms with Gasteiger partial charge in [0.2, 0.25) is 0 Å². The number of H-pyrrole nitrogens is 1. The van der Waals surface area contributed by atoms with Gasteiger partial charge in [0.05, 0.1) is 17.3 Å². The number of nitrogens with one attached hydrogen (secondary N) is 1. The minimum Gasteiger partial charge on any atom is -0.356 e. The Morgan fingerprint density at radius 1 is 1.07 bits per heavy atom. The first-order valence-electron chi connectivity index (χ1n) is 10.1. The van der Waals surface area contributed by atoms with Crippen LogP contribution in [0, 0.1) is 0 Å². The smallest absolute Gasteiger partial charge is 0.356 e. The Hall–Kier alpha value is -2.64. The molecule has 1 N–H and O–H groups in total. The fourth-order valence-electron chi connectivity index (χ4n) is 4.88. The standard InChI is InChI=1S/C21H22F3N5/c22-21(23,24)16-6-7-17-15(11-27-28-17)19(16)13-4-5-14-18(10-13)25-12-26-20(14)29-8-2-1-3-9-29/h6-7,11-13H,1-5,8-10H2,(H,27,28). The maximum atomic E-state index is 13.8. The van der Waals surface area contributed by atoms with Gasteiger partial charge in [-0.15, -0.1) is 0 Å². The molecule has 1 unspecified atom stereocenters. The van der Waals surface area contributed by atoms with Crippen LogP contribution in [0.15, 0.2) is 24.7 Å². The Bertz CT molecular complexity index is 1040. The predicted octanol–water partition coefficient (Wildman–Crippen LogP) is 4.63. The summed E-state index contributed by atoms with van der Waals surface area (Å²) < 4.78 is 41.3. The number of halogens is 3. The van der Waals surface area contributed by atoms with Gasteiger partial charge in [-0.3, -0.25) is 5.10 Å². The normalized spacial score (nSPS) is 20.1. The van der Waals surface area contributed by atoms with Crippen LogP contribution < -0.4 is 4.90 Å². The second kappa shape index (κ2) is 7.00. The first-order valence-corrected chi connectivity index (χ1v) is 10.1. The quantitative estimate of drug-likeness (QED) is 0.680. The fourth-order valence-corrected chi connectivity index (χ4v) is 4.88. The average molecular weight is 401 g/mol. The van der Waals surface area contributed by atoms with E-state index in [9.17, 15) is 13.2 Å². The molecule has 2 aromatic heterocycles. The van der Waals surface area contributed by atoms with E-state index in [0.29, 0.717) is 35.7 Å². The van der Waals surface area contributed by atoms with Gasteiger partial charge >= 0.3 is 6.18 Å². The van der Waals surface area contributed by atoms with Gasteiger partial charge in [-0.05, 0) is 62.1 Å². The van der Waals surface area contributed by atoms with Crippen LogP contribution in [-0.4, -0.2) is 33.3 Å². The lowest BCUT2D eigenvalue weighted by Crippen LogP contribution is -2.32. The van der Waals surface area contributed by atoms with Crippen LogP contribution in [0.1, 0.15) is 54.0 Å². The number of aromatic amines is 1. The Morgan fingerprint density at radius 3 is 2.69 bits per heavy atom. The van der Waals surface area contributed by atoms with Gasteiger partial charge in [0, 0.05) is 29.7 Å². The molecule has 1 atom stereocenters. The number of hydrogen-bond donors (Lipinski definition) is 1. The SMILES string of the molecule is FC(F)(F)c1ccc2[nH]ncc2c1C1CCc2c(ncnc2N2CCCCC2)C1. The highest BCUT2D eigenvalue weighted by Crippen LogP contribution is 2.43. The first kappa shape index (κ1) is 18.4. The number of fused-ring (bicyclic) bond motifs is 2. The van der Waals surface area contributed by atoms with Crippen molar-refractivity contribution >= 4 is 16.7 Å². The van der Waals surface area contributed by atoms with Gasteiger partial charge in [-0.1, -0.05) is 0 Å². The molecule has 0 amide bonds. The zero-order valence-corrected chi connectivity index (χ0v) is 16.0. The highest BCUT2D eigenvalue weighted by Gasteiger charge is 2.38. The van der Waals surface area contributed by atoms with E-state index in [4.69, 9.17) is 0 Å². The van der Waals surface area contributed by atoms with Crippen molar-refractivity contribution in [2.75, 3.05) is 18.0 Å². The van der Waals surface area contributed by atoms with E-state index in [1.54, 1.807) is 6.33 Å². The van der Waals surface area contributed by atoms with Crippen molar-refractivity contribution in [3.63, 3.8) is 0 Å². The summed E-state index contributed by atoms with van der Waals surface area (Å²) in [4.78, 5) is 11.3. The zero-order chi connectivity index (χ0) is 20.0.